The van der Waals surface area contributed by atoms with Crippen LogP contribution in [0.5, 0.6) is 5.75 Å². The van der Waals surface area contributed by atoms with Crippen LogP contribution in [0, 0.1) is 0 Å². The lowest BCUT2D eigenvalue weighted by atomic mass is 9.81. The minimum absolute atomic E-state index is 0.0854. The standard InChI is InChI=1S/C32H33ClN4O2/c33-24-18-23-19-29(39-30(23)28(20-24)26-10-12-34-31-27(26)11-13-35-31)32(38)37-16-14-36(15-17-37)25-8-6-22(7-9-25)21-4-2-1-3-5-21/h1-5,10-13,18,20,22,25,29H,6-9,14-17,19H2,(H,34,35)/t22-,25+,29?. The van der Waals surface area contributed by atoms with Crippen LogP contribution < -0.4 is 4.74 Å². The summed E-state index contributed by atoms with van der Waals surface area (Å²) in [4.78, 5) is 25.8. The number of benzene rings is 2. The SMILES string of the molecule is O=C(C1Cc2cc(Cl)cc(-c3ccnc4[nH]ccc34)c2O1)N1CCN([C@H]2CC[C@@H](c3ccccc3)CC2)CC1. The van der Waals surface area contributed by atoms with Gasteiger partial charge in [-0.15, -0.1) is 0 Å². The number of hydrogen-bond acceptors (Lipinski definition) is 4. The van der Waals surface area contributed by atoms with Crippen molar-refractivity contribution in [3.05, 3.63) is 83.1 Å². The highest BCUT2D eigenvalue weighted by Gasteiger charge is 2.37. The summed E-state index contributed by atoms with van der Waals surface area (Å²) in [5.41, 5.74) is 5.21. The quantitative estimate of drug-likeness (QED) is 0.342. The lowest BCUT2D eigenvalue weighted by Crippen LogP contribution is -2.54. The second-order valence-corrected chi connectivity index (χ2v) is 11.6. The van der Waals surface area contributed by atoms with Gasteiger partial charge in [0, 0.05) is 72.6 Å². The first kappa shape index (κ1) is 24.7. The zero-order valence-electron chi connectivity index (χ0n) is 22.0. The number of halogens is 1. The van der Waals surface area contributed by atoms with Gasteiger partial charge in [-0.05, 0) is 67.0 Å². The third-order valence-corrected chi connectivity index (χ3v) is 9.15. The molecule has 1 atom stereocenters. The number of amides is 1. The number of fused-ring (bicyclic) bond motifs is 2. The van der Waals surface area contributed by atoms with Crippen molar-refractivity contribution in [1.82, 2.24) is 19.8 Å². The Morgan fingerprint density at radius 2 is 1.74 bits per heavy atom. The molecule has 2 aromatic carbocycles. The van der Waals surface area contributed by atoms with Crippen molar-refractivity contribution in [1.29, 1.82) is 0 Å². The minimum atomic E-state index is -0.506. The van der Waals surface area contributed by atoms with Gasteiger partial charge in [0.15, 0.2) is 6.10 Å². The lowest BCUT2D eigenvalue weighted by Gasteiger charge is -2.42. The van der Waals surface area contributed by atoms with Gasteiger partial charge >= 0.3 is 0 Å². The fourth-order valence-electron chi connectivity index (χ4n) is 6.87. The maximum absolute atomic E-state index is 13.6. The Kier molecular flexibility index (Phi) is 6.53. The maximum atomic E-state index is 13.6. The van der Waals surface area contributed by atoms with Gasteiger partial charge in [-0.1, -0.05) is 41.9 Å². The molecule has 1 saturated heterocycles. The second-order valence-electron chi connectivity index (χ2n) is 11.1. The summed E-state index contributed by atoms with van der Waals surface area (Å²) < 4.78 is 6.39. The summed E-state index contributed by atoms with van der Waals surface area (Å²) in [6, 6.07) is 19.4. The van der Waals surface area contributed by atoms with E-state index in [1.54, 1.807) is 6.20 Å². The van der Waals surface area contributed by atoms with Crippen LogP contribution in [-0.4, -0.2) is 64.0 Å². The zero-order chi connectivity index (χ0) is 26.3. The number of hydrogen-bond donors (Lipinski definition) is 1. The minimum Gasteiger partial charge on any atom is -0.479 e. The Morgan fingerprint density at radius 3 is 2.54 bits per heavy atom. The highest BCUT2D eigenvalue weighted by Crippen LogP contribution is 2.43. The highest BCUT2D eigenvalue weighted by molar-refractivity contribution is 6.31. The third kappa shape index (κ3) is 4.70. The zero-order valence-corrected chi connectivity index (χ0v) is 22.7. The summed E-state index contributed by atoms with van der Waals surface area (Å²) >= 11 is 6.53. The number of aromatic nitrogens is 2. The van der Waals surface area contributed by atoms with Crippen LogP contribution in [-0.2, 0) is 11.2 Å². The lowest BCUT2D eigenvalue weighted by molar-refractivity contribution is -0.140. The van der Waals surface area contributed by atoms with Crippen molar-refractivity contribution < 1.29 is 9.53 Å². The number of ether oxygens (including phenoxy) is 1. The molecule has 1 N–H and O–H groups in total. The number of aromatic amines is 1. The summed E-state index contributed by atoms with van der Waals surface area (Å²) in [6.07, 6.45) is 8.68. The number of nitrogens with one attached hydrogen (secondary N) is 1. The summed E-state index contributed by atoms with van der Waals surface area (Å²) in [7, 11) is 0. The van der Waals surface area contributed by atoms with E-state index in [-0.39, 0.29) is 5.91 Å². The Bertz CT molecular complexity index is 1490. The Hall–Kier alpha value is -3.35. The van der Waals surface area contributed by atoms with Crippen molar-refractivity contribution in [2.24, 2.45) is 0 Å². The Balaban J connectivity index is 0.994. The summed E-state index contributed by atoms with van der Waals surface area (Å²) in [6.45, 7) is 3.39. The van der Waals surface area contributed by atoms with Gasteiger partial charge in [0.25, 0.3) is 5.91 Å². The van der Waals surface area contributed by atoms with E-state index in [9.17, 15) is 4.79 Å². The van der Waals surface area contributed by atoms with Crippen molar-refractivity contribution in [2.75, 3.05) is 26.2 Å². The molecular formula is C32H33ClN4O2. The van der Waals surface area contributed by atoms with E-state index in [1.165, 1.54) is 31.2 Å². The van der Waals surface area contributed by atoms with E-state index in [1.807, 2.05) is 35.4 Å². The molecule has 1 unspecified atom stereocenters. The predicted octanol–water partition coefficient (Wildman–Crippen LogP) is 6.06. The van der Waals surface area contributed by atoms with Crippen molar-refractivity contribution in [3.63, 3.8) is 0 Å². The Morgan fingerprint density at radius 1 is 0.949 bits per heavy atom. The molecule has 7 rings (SSSR count). The molecule has 6 nitrogen and oxygen atoms in total. The van der Waals surface area contributed by atoms with Gasteiger partial charge in [0.2, 0.25) is 0 Å². The van der Waals surface area contributed by atoms with Gasteiger partial charge in [-0.3, -0.25) is 9.69 Å². The van der Waals surface area contributed by atoms with Gasteiger partial charge in [0.1, 0.15) is 11.4 Å². The predicted molar refractivity (Wildman–Crippen MR) is 154 cm³/mol. The highest BCUT2D eigenvalue weighted by atomic mass is 35.5. The molecule has 39 heavy (non-hydrogen) atoms. The first-order valence-corrected chi connectivity index (χ1v) is 14.5. The van der Waals surface area contributed by atoms with Crippen LogP contribution >= 0.6 is 11.6 Å². The molecule has 0 radical (unpaired) electrons. The molecule has 7 heteroatoms. The van der Waals surface area contributed by atoms with E-state index >= 15 is 0 Å². The maximum Gasteiger partial charge on any atom is 0.264 e. The molecule has 200 valence electrons. The fourth-order valence-corrected chi connectivity index (χ4v) is 7.11. The van der Waals surface area contributed by atoms with Crippen molar-refractivity contribution in [3.8, 4) is 16.9 Å². The van der Waals surface area contributed by atoms with Crippen LogP contribution in [0.3, 0.4) is 0 Å². The molecule has 1 aliphatic carbocycles. The fraction of sp³-hybridized carbons (Fsp3) is 0.375. The number of H-pyrrole nitrogens is 1. The average Bonchev–Trinajstić information content (AvgIpc) is 3.64. The molecule has 1 saturated carbocycles. The smallest absolute Gasteiger partial charge is 0.264 e. The molecule has 4 heterocycles. The number of carbonyl (C=O) groups excluding carboxylic acids is 1. The van der Waals surface area contributed by atoms with Crippen LogP contribution in [0.25, 0.3) is 22.2 Å². The molecule has 4 aromatic rings. The molecule has 3 aliphatic rings. The first-order chi connectivity index (χ1) is 19.1. The number of nitrogens with zero attached hydrogens (tertiary/aromatic N) is 3. The summed E-state index contributed by atoms with van der Waals surface area (Å²) in [5, 5.41) is 1.66. The van der Waals surface area contributed by atoms with Crippen molar-refractivity contribution in [2.45, 2.75) is 50.2 Å². The van der Waals surface area contributed by atoms with Crippen LogP contribution in [0.4, 0.5) is 0 Å². The first-order valence-electron chi connectivity index (χ1n) is 14.1. The molecule has 2 aliphatic heterocycles. The molecule has 2 aromatic heterocycles. The van der Waals surface area contributed by atoms with Crippen molar-refractivity contribution >= 4 is 28.5 Å². The normalized spacial score (nSPS) is 23.5. The largest absolute Gasteiger partial charge is 0.479 e. The van der Waals surface area contributed by atoms with E-state index < -0.39 is 6.10 Å². The monoisotopic (exact) mass is 540 g/mol. The molecular weight excluding hydrogens is 508 g/mol. The molecule has 0 spiro atoms. The second kappa shape index (κ2) is 10.3. The van der Waals surface area contributed by atoms with E-state index in [4.69, 9.17) is 16.3 Å². The number of pyridine rings is 1. The average molecular weight is 541 g/mol. The molecule has 0 bridgehead atoms. The van der Waals surface area contributed by atoms with Crippen LogP contribution in [0.2, 0.25) is 5.02 Å². The molecule has 2 fully saturated rings. The Labute approximate surface area is 233 Å². The van der Waals surface area contributed by atoms with Gasteiger partial charge in [-0.2, -0.15) is 0 Å². The van der Waals surface area contributed by atoms with Crippen LogP contribution in [0.1, 0.15) is 42.7 Å². The van der Waals surface area contributed by atoms with Gasteiger partial charge in [-0.25, -0.2) is 4.98 Å². The van der Waals surface area contributed by atoms with Gasteiger partial charge in [0.05, 0.1) is 0 Å². The third-order valence-electron chi connectivity index (χ3n) is 8.93. The van der Waals surface area contributed by atoms with E-state index in [0.29, 0.717) is 23.4 Å². The van der Waals surface area contributed by atoms with E-state index in [0.717, 1.165) is 59.7 Å². The van der Waals surface area contributed by atoms with E-state index in [2.05, 4.69) is 45.2 Å². The molecule has 1 amide bonds. The summed E-state index contributed by atoms with van der Waals surface area (Å²) in [5.74, 6) is 1.54. The van der Waals surface area contributed by atoms with Gasteiger partial charge < -0.3 is 14.6 Å². The number of rotatable bonds is 4. The topological polar surface area (TPSA) is 61.5 Å². The number of carbonyl (C=O) groups is 1. The van der Waals surface area contributed by atoms with Crippen LogP contribution in [0.15, 0.2) is 67.0 Å². The number of piperazine rings is 1.